The van der Waals surface area contributed by atoms with Crippen LogP contribution in [0.2, 0.25) is 0 Å². The first-order valence-electron chi connectivity index (χ1n) is 4.87. The number of esters is 2. The van der Waals surface area contributed by atoms with Crippen molar-refractivity contribution in [3.05, 3.63) is 17.7 Å². The smallest absolute Gasteiger partial charge is 0.359 e. The first kappa shape index (κ1) is 12.2. The number of aryl methyl sites for hydroxylation is 1. The Morgan fingerprint density at radius 3 is 2.44 bits per heavy atom. The van der Waals surface area contributed by atoms with E-state index in [1.807, 2.05) is 6.92 Å². The van der Waals surface area contributed by atoms with Gasteiger partial charge in [0.15, 0.2) is 11.4 Å². The Morgan fingerprint density at radius 2 is 1.94 bits per heavy atom. The molecule has 0 saturated heterocycles. The second-order valence-corrected chi connectivity index (χ2v) is 3.12. The number of ether oxygens (including phenoxy) is 2. The fourth-order valence-corrected chi connectivity index (χ4v) is 1.35. The van der Waals surface area contributed by atoms with Gasteiger partial charge in [0.25, 0.3) is 0 Å². The van der Waals surface area contributed by atoms with Crippen LogP contribution in [0, 0.1) is 0 Å². The molecule has 0 spiro atoms. The van der Waals surface area contributed by atoms with Crippen molar-refractivity contribution in [2.75, 3.05) is 14.2 Å². The van der Waals surface area contributed by atoms with E-state index < -0.39 is 11.9 Å². The zero-order valence-electron chi connectivity index (χ0n) is 9.52. The number of hydrogen-bond donors (Lipinski definition) is 0. The molecule has 1 aromatic rings. The SMILES string of the molecule is CCCn1cnc(C(=O)OC)c1C(=O)OC. The van der Waals surface area contributed by atoms with Gasteiger partial charge in [-0.15, -0.1) is 0 Å². The van der Waals surface area contributed by atoms with Gasteiger partial charge in [-0.2, -0.15) is 0 Å². The molecule has 0 aromatic carbocycles. The minimum atomic E-state index is -0.643. The van der Waals surface area contributed by atoms with Gasteiger partial charge in [-0.3, -0.25) is 0 Å². The molecule has 0 radical (unpaired) electrons. The molecule has 1 heterocycles. The lowest BCUT2D eigenvalue weighted by molar-refractivity contribution is 0.0543. The van der Waals surface area contributed by atoms with Crippen LogP contribution >= 0.6 is 0 Å². The van der Waals surface area contributed by atoms with E-state index in [0.717, 1.165) is 6.42 Å². The monoisotopic (exact) mass is 226 g/mol. The van der Waals surface area contributed by atoms with Crippen LogP contribution in [0.5, 0.6) is 0 Å². The van der Waals surface area contributed by atoms with Gasteiger partial charge in [0, 0.05) is 6.54 Å². The Hall–Kier alpha value is -1.85. The number of aromatic nitrogens is 2. The standard InChI is InChI=1S/C10H14N2O4/c1-4-5-12-6-11-7(9(13)15-2)8(12)10(14)16-3/h6H,4-5H2,1-3H3. The van der Waals surface area contributed by atoms with Crippen LogP contribution < -0.4 is 0 Å². The molecule has 0 bridgehead atoms. The van der Waals surface area contributed by atoms with E-state index in [1.54, 1.807) is 4.57 Å². The first-order chi connectivity index (χ1) is 7.65. The second kappa shape index (κ2) is 5.29. The zero-order valence-corrected chi connectivity index (χ0v) is 9.52. The zero-order chi connectivity index (χ0) is 12.1. The average molecular weight is 226 g/mol. The van der Waals surface area contributed by atoms with E-state index in [4.69, 9.17) is 0 Å². The lowest BCUT2D eigenvalue weighted by Gasteiger charge is -2.05. The van der Waals surface area contributed by atoms with Crippen molar-refractivity contribution in [2.45, 2.75) is 19.9 Å². The predicted octanol–water partition coefficient (Wildman–Crippen LogP) is 0.866. The van der Waals surface area contributed by atoms with Gasteiger partial charge in [0.1, 0.15) is 0 Å². The first-order valence-corrected chi connectivity index (χ1v) is 4.87. The van der Waals surface area contributed by atoms with Crippen LogP contribution in [-0.4, -0.2) is 35.7 Å². The van der Waals surface area contributed by atoms with E-state index in [0.29, 0.717) is 6.54 Å². The summed E-state index contributed by atoms with van der Waals surface area (Å²) in [6.07, 6.45) is 2.25. The molecule has 0 aliphatic heterocycles. The van der Waals surface area contributed by atoms with Crippen molar-refractivity contribution in [1.82, 2.24) is 9.55 Å². The number of nitrogens with zero attached hydrogens (tertiary/aromatic N) is 2. The number of imidazole rings is 1. The Balaban J connectivity index is 3.19. The van der Waals surface area contributed by atoms with Crippen molar-refractivity contribution >= 4 is 11.9 Å². The Labute approximate surface area is 93.2 Å². The van der Waals surface area contributed by atoms with Crippen LogP contribution in [0.4, 0.5) is 0 Å². The summed E-state index contributed by atoms with van der Waals surface area (Å²) in [5.74, 6) is -1.23. The summed E-state index contributed by atoms with van der Waals surface area (Å²) >= 11 is 0. The average Bonchev–Trinajstić information content (AvgIpc) is 2.71. The Morgan fingerprint density at radius 1 is 1.31 bits per heavy atom. The normalized spacial score (nSPS) is 9.94. The van der Waals surface area contributed by atoms with Gasteiger partial charge in [0.05, 0.1) is 20.5 Å². The van der Waals surface area contributed by atoms with Crippen LogP contribution in [0.3, 0.4) is 0 Å². The largest absolute Gasteiger partial charge is 0.464 e. The summed E-state index contributed by atoms with van der Waals surface area (Å²) in [6.45, 7) is 2.55. The Kier molecular flexibility index (Phi) is 4.04. The maximum absolute atomic E-state index is 11.5. The molecular weight excluding hydrogens is 212 g/mol. The molecule has 16 heavy (non-hydrogen) atoms. The minimum Gasteiger partial charge on any atom is -0.464 e. The molecule has 88 valence electrons. The highest BCUT2D eigenvalue weighted by Gasteiger charge is 2.24. The Bertz CT molecular complexity index is 398. The van der Waals surface area contributed by atoms with Crippen LogP contribution in [0.1, 0.15) is 34.3 Å². The number of carbonyl (C=O) groups is 2. The van der Waals surface area contributed by atoms with E-state index >= 15 is 0 Å². The molecular formula is C10H14N2O4. The van der Waals surface area contributed by atoms with Crippen molar-refractivity contribution in [2.24, 2.45) is 0 Å². The maximum Gasteiger partial charge on any atom is 0.359 e. The van der Waals surface area contributed by atoms with E-state index in [-0.39, 0.29) is 11.4 Å². The minimum absolute atomic E-state index is 0.0113. The molecule has 0 saturated carbocycles. The molecule has 0 aliphatic rings. The fraction of sp³-hybridized carbons (Fsp3) is 0.500. The van der Waals surface area contributed by atoms with E-state index in [1.165, 1.54) is 20.5 Å². The number of carbonyl (C=O) groups excluding carboxylic acids is 2. The molecule has 0 unspecified atom stereocenters. The summed E-state index contributed by atoms with van der Waals surface area (Å²) < 4.78 is 10.7. The second-order valence-electron chi connectivity index (χ2n) is 3.12. The maximum atomic E-state index is 11.5. The highest BCUT2D eigenvalue weighted by molar-refractivity contribution is 6.00. The van der Waals surface area contributed by atoms with Crippen molar-refractivity contribution < 1.29 is 19.1 Å². The number of hydrogen-bond acceptors (Lipinski definition) is 5. The molecule has 0 aliphatic carbocycles. The molecule has 6 heteroatoms. The summed E-state index contributed by atoms with van der Waals surface area (Å²) in [7, 11) is 2.49. The molecule has 1 rings (SSSR count). The van der Waals surface area contributed by atoms with Gasteiger partial charge in [-0.1, -0.05) is 6.92 Å². The van der Waals surface area contributed by atoms with E-state index in [2.05, 4.69) is 14.5 Å². The fourth-order valence-electron chi connectivity index (χ4n) is 1.35. The van der Waals surface area contributed by atoms with Crippen LogP contribution in [0.15, 0.2) is 6.33 Å². The van der Waals surface area contributed by atoms with Crippen LogP contribution in [0.25, 0.3) is 0 Å². The molecule has 1 aromatic heterocycles. The summed E-state index contributed by atoms with van der Waals surface area (Å²) in [6, 6.07) is 0. The van der Waals surface area contributed by atoms with Crippen LogP contribution in [-0.2, 0) is 16.0 Å². The van der Waals surface area contributed by atoms with Gasteiger partial charge in [-0.25, -0.2) is 14.6 Å². The van der Waals surface area contributed by atoms with Crippen molar-refractivity contribution in [1.29, 1.82) is 0 Å². The summed E-state index contributed by atoms with van der Waals surface area (Å²) in [4.78, 5) is 26.7. The van der Waals surface area contributed by atoms with Crippen molar-refractivity contribution in [3.8, 4) is 0 Å². The lowest BCUT2D eigenvalue weighted by Crippen LogP contribution is -2.15. The molecule has 0 fully saturated rings. The summed E-state index contributed by atoms with van der Waals surface area (Å²) in [5.41, 5.74) is 0.124. The molecule has 0 atom stereocenters. The highest BCUT2D eigenvalue weighted by Crippen LogP contribution is 2.11. The van der Waals surface area contributed by atoms with Gasteiger partial charge >= 0.3 is 11.9 Å². The van der Waals surface area contributed by atoms with Gasteiger partial charge < -0.3 is 14.0 Å². The topological polar surface area (TPSA) is 70.4 Å². The number of rotatable bonds is 4. The summed E-state index contributed by atoms with van der Waals surface area (Å²) in [5, 5.41) is 0. The highest BCUT2D eigenvalue weighted by atomic mass is 16.5. The van der Waals surface area contributed by atoms with Gasteiger partial charge in [-0.05, 0) is 6.42 Å². The number of methoxy groups -OCH3 is 2. The lowest BCUT2D eigenvalue weighted by atomic mass is 10.3. The predicted molar refractivity (Wildman–Crippen MR) is 55.2 cm³/mol. The molecule has 6 nitrogen and oxygen atoms in total. The third-order valence-corrected chi connectivity index (χ3v) is 2.06. The quantitative estimate of drug-likeness (QED) is 0.712. The third kappa shape index (κ3) is 2.21. The molecule has 0 amide bonds. The van der Waals surface area contributed by atoms with Crippen molar-refractivity contribution in [3.63, 3.8) is 0 Å². The van der Waals surface area contributed by atoms with E-state index in [9.17, 15) is 9.59 Å². The molecule has 0 N–H and O–H groups in total. The van der Waals surface area contributed by atoms with Gasteiger partial charge in [0.2, 0.25) is 0 Å². The third-order valence-electron chi connectivity index (χ3n) is 2.06.